The van der Waals surface area contributed by atoms with Crippen molar-refractivity contribution < 1.29 is 16.8 Å². The maximum atomic E-state index is 13.1. The average molecular weight is 383 g/mol. The molecule has 1 atom stereocenters. The lowest BCUT2D eigenvalue weighted by molar-refractivity contribution is 0.568. The highest BCUT2D eigenvalue weighted by atomic mass is 32.2. The van der Waals surface area contributed by atoms with E-state index in [1.807, 2.05) is 6.92 Å². The topological polar surface area (TPSA) is 93.2 Å². The van der Waals surface area contributed by atoms with Gasteiger partial charge in [-0.1, -0.05) is 30.7 Å². The molecule has 0 bridgehead atoms. The van der Waals surface area contributed by atoms with Gasteiger partial charge < -0.3 is 0 Å². The number of aromatic nitrogens is 1. The van der Waals surface area contributed by atoms with Crippen LogP contribution in [0.3, 0.4) is 0 Å². The highest BCUT2D eigenvalue weighted by Crippen LogP contribution is 2.28. The van der Waals surface area contributed by atoms with Crippen LogP contribution in [-0.2, 0) is 19.9 Å². The molecule has 0 saturated heterocycles. The molecule has 136 valence electrons. The first-order valence-corrected chi connectivity index (χ1v) is 11.1. The second kappa shape index (κ2) is 8.07. The third-order valence-corrected chi connectivity index (χ3v) is 7.41. The summed E-state index contributed by atoms with van der Waals surface area (Å²) in [4.78, 5) is 4.12. The fourth-order valence-electron chi connectivity index (χ4n) is 2.41. The number of rotatable bonds is 8. The number of pyridine rings is 1. The van der Waals surface area contributed by atoms with E-state index in [0.717, 1.165) is 5.56 Å². The molecule has 0 amide bonds. The van der Waals surface area contributed by atoms with Crippen LogP contribution in [0.1, 0.15) is 29.7 Å². The number of nitrogens with one attached hydrogen (secondary N) is 1. The zero-order valence-electron chi connectivity index (χ0n) is 14.2. The van der Waals surface area contributed by atoms with E-state index in [-0.39, 0.29) is 17.2 Å². The van der Waals surface area contributed by atoms with Gasteiger partial charge in [0.15, 0.2) is 9.84 Å². The van der Waals surface area contributed by atoms with Gasteiger partial charge in [0.25, 0.3) is 0 Å². The Morgan fingerprint density at radius 1 is 1.08 bits per heavy atom. The smallest absolute Gasteiger partial charge is 0.211 e. The lowest BCUT2D eigenvalue weighted by atomic mass is 10.2. The summed E-state index contributed by atoms with van der Waals surface area (Å²) in [5.74, 6) is -0.0443. The predicted octanol–water partition coefficient (Wildman–Crippen LogP) is 2.23. The molecule has 0 unspecified atom stereocenters. The summed E-state index contributed by atoms with van der Waals surface area (Å²) in [5, 5.41) is -1.05. The second-order valence-electron chi connectivity index (χ2n) is 5.80. The van der Waals surface area contributed by atoms with Crippen molar-refractivity contribution in [3.63, 3.8) is 0 Å². The van der Waals surface area contributed by atoms with Gasteiger partial charge in [0.2, 0.25) is 10.0 Å². The Hall–Kier alpha value is -1.77. The number of nitrogens with zero attached hydrogens (tertiary/aromatic N) is 1. The van der Waals surface area contributed by atoms with Crippen molar-refractivity contribution in [1.82, 2.24) is 9.71 Å². The van der Waals surface area contributed by atoms with Crippen LogP contribution >= 0.6 is 0 Å². The normalized spacial score (nSPS) is 13.5. The molecule has 0 aliphatic rings. The Labute approximate surface area is 149 Å². The molecule has 0 fully saturated rings. The van der Waals surface area contributed by atoms with Crippen molar-refractivity contribution in [2.45, 2.75) is 30.4 Å². The van der Waals surface area contributed by atoms with Gasteiger partial charge in [-0.05, 0) is 37.1 Å². The van der Waals surface area contributed by atoms with E-state index in [0.29, 0.717) is 12.0 Å². The van der Waals surface area contributed by atoms with Crippen molar-refractivity contribution in [3.8, 4) is 0 Å². The van der Waals surface area contributed by atoms with Crippen LogP contribution in [-0.4, -0.2) is 34.1 Å². The monoisotopic (exact) mass is 382 g/mol. The van der Waals surface area contributed by atoms with Gasteiger partial charge in [-0.25, -0.2) is 21.6 Å². The number of sulfone groups is 1. The zero-order chi connectivity index (χ0) is 18.5. The summed E-state index contributed by atoms with van der Waals surface area (Å²) < 4.78 is 52.4. The van der Waals surface area contributed by atoms with Crippen molar-refractivity contribution in [3.05, 3.63) is 59.9 Å². The van der Waals surface area contributed by atoms with Crippen LogP contribution in [0.2, 0.25) is 0 Å². The molecule has 0 aliphatic heterocycles. The first-order valence-electron chi connectivity index (χ1n) is 7.94. The molecule has 1 heterocycles. The summed E-state index contributed by atoms with van der Waals surface area (Å²) in [6.07, 6.45) is 3.45. The molecule has 6 nitrogen and oxygen atoms in total. The molecule has 2 rings (SSSR count). The summed E-state index contributed by atoms with van der Waals surface area (Å²) in [6.45, 7) is 3.39. The lowest BCUT2D eigenvalue weighted by Crippen LogP contribution is -2.33. The van der Waals surface area contributed by atoms with Gasteiger partial charge in [0.1, 0.15) is 5.25 Å². The number of sulfonamides is 1. The van der Waals surface area contributed by atoms with Crippen molar-refractivity contribution in [1.29, 1.82) is 0 Å². The van der Waals surface area contributed by atoms with Crippen LogP contribution in [0, 0.1) is 6.92 Å². The molecule has 1 aromatic carbocycles. The van der Waals surface area contributed by atoms with Crippen molar-refractivity contribution >= 4 is 19.9 Å². The molecule has 0 radical (unpaired) electrons. The molecule has 8 heteroatoms. The van der Waals surface area contributed by atoms with E-state index in [4.69, 9.17) is 0 Å². The van der Waals surface area contributed by atoms with Gasteiger partial charge in [0.05, 0.1) is 10.6 Å². The number of benzene rings is 1. The number of aryl methyl sites for hydroxylation is 1. The van der Waals surface area contributed by atoms with Gasteiger partial charge in [-0.2, -0.15) is 0 Å². The van der Waals surface area contributed by atoms with Crippen molar-refractivity contribution in [2.75, 3.05) is 12.3 Å². The Balaban J connectivity index is 2.39. The Bertz CT molecular complexity index is 893. The molecule has 25 heavy (non-hydrogen) atoms. The van der Waals surface area contributed by atoms with E-state index >= 15 is 0 Å². The first kappa shape index (κ1) is 19.6. The molecule has 2 aromatic rings. The van der Waals surface area contributed by atoms with E-state index in [9.17, 15) is 16.8 Å². The summed E-state index contributed by atoms with van der Waals surface area (Å²) in [6, 6.07) is 9.77. The fourth-order valence-corrected chi connectivity index (χ4v) is 5.26. The van der Waals surface area contributed by atoms with E-state index in [1.165, 1.54) is 18.3 Å². The minimum Gasteiger partial charge on any atom is -0.264 e. The Morgan fingerprint density at radius 3 is 2.32 bits per heavy atom. The average Bonchev–Trinajstić information content (AvgIpc) is 2.56. The van der Waals surface area contributed by atoms with Gasteiger partial charge in [0, 0.05) is 18.9 Å². The first-order chi connectivity index (χ1) is 11.8. The summed E-state index contributed by atoms with van der Waals surface area (Å²) in [7, 11) is -7.29. The highest BCUT2D eigenvalue weighted by molar-refractivity contribution is 7.92. The molecular weight excluding hydrogens is 360 g/mol. The third-order valence-electron chi connectivity index (χ3n) is 3.74. The van der Waals surface area contributed by atoms with Gasteiger partial charge in [-0.3, -0.25) is 4.98 Å². The molecule has 1 aromatic heterocycles. The SMILES string of the molecule is CCCS(=O)(=O)NC[C@@H](c1cccnc1)S(=O)(=O)c1ccc(C)cc1. The van der Waals surface area contributed by atoms with Crippen LogP contribution < -0.4 is 4.72 Å². The summed E-state index contributed by atoms with van der Waals surface area (Å²) >= 11 is 0. The quantitative estimate of drug-likeness (QED) is 0.756. The van der Waals surface area contributed by atoms with Crippen LogP contribution in [0.25, 0.3) is 0 Å². The van der Waals surface area contributed by atoms with E-state index < -0.39 is 25.1 Å². The Morgan fingerprint density at radius 2 is 1.76 bits per heavy atom. The zero-order valence-corrected chi connectivity index (χ0v) is 15.8. The molecule has 0 spiro atoms. The van der Waals surface area contributed by atoms with Crippen LogP contribution in [0.15, 0.2) is 53.7 Å². The minimum atomic E-state index is -3.78. The lowest BCUT2D eigenvalue weighted by Gasteiger charge is -2.19. The molecule has 0 saturated carbocycles. The Kier molecular flexibility index (Phi) is 6.31. The van der Waals surface area contributed by atoms with E-state index in [2.05, 4.69) is 9.71 Å². The van der Waals surface area contributed by atoms with Crippen LogP contribution in [0.5, 0.6) is 0 Å². The second-order valence-corrected chi connectivity index (χ2v) is 9.86. The molecule has 0 aliphatic carbocycles. The van der Waals surface area contributed by atoms with E-state index in [1.54, 1.807) is 37.4 Å². The minimum absolute atomic E-state index is 0.0443. The maximum absolute atomic E-state index is 13.1. The maximum Gasteiger partial charge on any atom is 0.211 e. The molecule has 1 N–H and O–H groups in total. The largest absolute Gasteiger partial charge is 0.264 e. The fraction of sp³-hybridized carbons (Fsp3) is 0.353. The van der Waals surface area contributed by atoms with Crippen LogP contribution in [0.4, 0.5) is 0 Å². The number of hydrogen-bond donors (Lipinski definition) is 1. The predicted molar refractivity (Wildman–Crippen MR) is 97.4 cm³/mol. The summed E-state index contributed by atoms with van der Waals surface area (Å²) in [5.41, 5.74) is 1.39. The third kappa shape index (κ3) is 5.10. The number of hydrogen-bond acceptors (Lipinski definition) is 5. The molecular formula is C17H22N2O4S2. The van der Waals surface area contributed by atoms with Crippen molar-refractivity contribution in [2.24, 2.45) is 0 Å². The highest BCUT2D eigenvalue weighted by Gasteiger charge is 2.30. The standard InChI is InChI=1S/C17H22N2O4S2/c1-3-11-24(20,21)19-13-17(15-5-4-10-18-12-15)25(22,23)16-8-6-14(2)7-9-16/h4-10,12,17,19H,3,11,13H2,1-2H3/t17-/m0/s1. The van der Waals surface area contributed by atoms with Gasteiger partial charge in [-0.15, -0.1) is 0 Å². The van der Waals surface area contributed by atoms with Gasteiger partial charge >= 0.3 is 0 Å².